The number of hydrogen-bond donors (Lipinski definition) is 3. The van der Waals surface area contributed by atoms with Gasteiger partial charge in [-0.05, 0) is 56.4 Å². The number of hydrogen-bond acceptors (Lipinski definition) is 6. The molecule has 2 fully saturated rings. The van der Waals surface area contributed by atoms with Crippen molar-refractivity contribution in [2.45, 2.75) is 48.6 Å². The number of benzene rings is 1. The van der Waals surface area contributed by atoms with Crippen molar-refractivity contribution in [3.8, 4) is 6.07 Å². The number of rotatable bonds is 6. The summed E-state index contributed by atoms with van der Waals surface area (Å²) >= 11 is 0. The van der Waals surface area contributed by atoms with Crippen molar-refractivity contribution in [2.75, 3.05) is 20.1 Å². The molecule has 0 radical (unpaired) electrons. The predicted molar refractivity (Wildman–Crippen MR) is 100 cm³/mol. The Morgan fingerprint density at radius 2 is 2.00 bits per heavy atom. The topological polar surface area (TPSA) is 114 Å². The van der Waals surface area contributed by atoms with E-state index in [2.05, 4.69) is 22.2 Å². The van der Waals surface area contributed by atoms with Crippen LogP contribution in [0.4, 0.5) is 0 Å². The lowest BCUT2D eigenvalue weighted by molar-refractivity contribution is 0.0920. The molecule has 0 spiro atoms. The fraction of sp³-hybridized carbons (Fsp3) is 0.556. The molecule has 2 aliphatic rings. The Hall–Kier alpha value is -1.99. The van der Waals surface area contributed by atoms with E-state index in [1.807, 2.05) is 0 Å². The molecule has 1 saturated carbocycles. The van der Waals surface area contributed by atoms with Crippen LogP contribution in [0.2, 0.25) is 0 Å². The molecule has 1 amide bonds. The molecule has 1 aliphatic heterocycles. The molecular weight excluding hydrogens is 366 g/mol. The van der Waals surface area contributed by atoms with Gasteiger partial charge in [0.25, 0.3) is 5.91 Å². The Labute approximate surface area is 159 Å². The Bertz CT molecular complexity index is 820. The molecule has 1 aliphatic carbocycles. The maximum atomic E-state index is 12.7. The van der Waals surface area contributed by atoms with Crippen molar-refractivity contribution in [3.63, 3.8) is 0 Å². The molecule has 1 unspecified atom stereocenters. The lowest BCUT2D eigenvalue weighted by Gasteiger charge is -2.22. The van der Waals surface area contributed by atoms with Crippen LogP contribution in [0.25, 0.3) is 0 Å². The minimum absolute atomic E-state index is 0.0726. The summed E-state index contributed by atoms with van der Waals surface area (Å²) in [6.45, 7) is 1.18. The number of amides is 1. The fourth-order valence-corrected chi connectivity index (χ4v) is 4.79. The molecule has 1 aromatic carbocycles. The monoisotopic (exact) mass is 391 g/mol. The van der Waals surface area contributed by atoms with E-state index in [4.69, 9.17) is 0 Å². The largest absolute Gasteiger partial charge is 0.334 e. The van der Waals surface area contributed by atoms with Crippen molar-refractivity contribution < 1.29 is 13.2 Å². The molecule has 3 N–H and O–H groups in total. The molecule has 0 aromatic heterocycles. The molecule has 1 saturated heterocycles. The van der Waals surface area contributed by atoms with Gasteiger partial charge in [-0.3, -0.25) is 15.6 Å². The van der Waals surface area contributed by atoms with Gasteiger partial charge in [-0.15, -0.1) is 0 Å². The summed E-state index contributed by atoms with van der Waals surface area (Å²) in [5, 5.41) is 12.2. The minimum atomic E-state index is -3.63. The van der Waals surface area contributed by atoms with E-state index in [9.17, 15) is 18.5 Å². The molecule has 3 rings (SSSR count). The van der Waals surface area contributed by atoms with E-state index in [0.29, 0.717) is 24.9 Å². The van der Waals surface area contributed by atoms with Crippen molar-refractivity contribution in [1.29, 1.82) is 5.26 Å². The van der Waals surface area contributed by atoms with Crippen LogP contribution >= 0.6 is 0 Å². The second kappa shape index (κ2) is 7.94. The van der Waals surface area contributed by atoms with Gasteiger partial charge >= 0.3 is 0 Å². The quantitative estimate of drug-likeness (QED) is 0.659. The average Bonchev–Trinajstić information content (AvgIpc) is 3.34. The van der Waals surface area contributed by atoms with E-state index in [1.54, 1.807) is 7.05 Å². The summed E-state index contributed by atoms with van der Waals surface area (Å²) < 4.78 is 26.7. The predicted octanol–water partition coefficient (Wildman–Crippen LogP) is 0.740. The number of nitrogens with zero attached hydrogens (tertiary/aromatic N) is 2. The lowest BCUT2D eigenvalue weighted by Crippen LogP contribution is -2.45. The van der Waals surface area contributed by atoms with Crippen LogP contribution in [0.1, 0.15) is 42.5 Å². The molecule has 1 aromatic rings. The van der Waals surface area contributed by atoms with Gasteiger partial charge in [-0.2, -0.15) is 9.57 Å². The first-order chi connectivity index (χ1) is 12.9. The maximum absolute atomic E-state index is 12.7. The maximum Gasteiger partial charge on any atom is 0.252 e. The summed E-state index contributed by atoms with van der Waals surface area (Å²) in [6.07, 6.45) is 4.00. The van der Waals surface area contributed by atoms with Crippen LogP contribution in [0.15, 0.2) is 29.2 Å². The first-order valence-electron chi connectivity index (χ1n) is 9.15. The highest BCUT2D eigenvalue weighted by molar-refractivity contribution is 7.89. The van der Waals surface area contributed by atoms with Gasteiger partial charge in [-0.1, -0.05) is 0 Å². The summed E-state index contributed by atoms with van der Waals surface area (Å²) in [5.41, 5.74) is 5.58. The van der Waals surface area contributed by atoms with Crippen molar-refractivity contribution in [3.05, 3.63) is 29.8 Å². The summed E-state index contributed by atoms with van der Waals surface area (Å²) in [5.74, 6) is -0.350. The van der Waals surface area contributed by atoms with Crippen LogP contribution in [-0.2, 0) is 10.0 Å². The molecule has 0 bridgehead atoms. The molecule has 8 nitrogen and oxygen atoms in total. The van der Waals surface area contributed by atoms with Gasteiger partial charge in [-0.25, -0.2) is 8.42 Å². The van der Waals surface area contributed by atoms with Gasteiger partial charge in [0, 0.05) is 31.7 Å². The molecule has 1 atom stereocenters. The number of sulfonamides is 1. The van der Waals surface area contributed by atoms with Crippen molar-refractivity contribution in [2.24, 2.45) is 0 Å². The normalized spacial score (nSPS) is 21.9. The zero-order valence-electron chi connectivity index (χ0n) is 15.4. The van der Waals surface area contributed by atoms with Gasteiger partial charge in [0.15, 0.2) is 0 Å². The third kappa shape index (κ3) is 4.30. The second-order valence-electron chi connectivity index (χ2n) is 7.22. The molecule has 9 heteroatoms. The number of nitriles is 1. The van der Waals surface area contributed by atoms with E-state index in [1.165, 1.54) is 28.6 Å². The Morgan fingerprint density at radius 1 is 1.33 bits per heavy atom. The number of likely N-dealkylation sites (N-methyl/N-ethyl adjacent to an activating group) is 1. The van der Waals surface area contributed by atoms with Gasteiger partial charge in [0.1, 0.15) is 5.54 Å². The van der Waals surface area contributed by atoms with Gasteiger partial charge in [0.05, 0.1) is 11.0 Å². The summed E-state index contributed by atoms with van der Waals surface area (Å²) in [7, 11) is -2.08. The lowest BCUT2D eigenvalue weighted by atomic mass is 9.99. The van der Waals surface area contributed by atoms with E-state index in [0.717, 1.165) is 25.8 Å². The summed E-state index contributed by atoms with van der Waals surface area (Å²) in [4.78, 5) is 12.6. The molecule has 1 heterocycles. The van der Waals surface area contributed by atoms with Gasteiger partial charge in [0.2, 0.25) is 10.0 Å². The van der Waals surface area contributed by atoms with Crippen LogP contribution < -0.4 is 16.2 Å². The number of hydrazine groups is 1. The standard InChI is InChI=1S/C18H25N5O3S/c1-23(12-15-8-11-20-22-15)27(25,26)16-6-4-14(5-7-16)17(24)21-18(13-19)9-2-3-10-18/h4-7,15,20,22H,2-3,8-12H2,1H3,(H,21,24). The Balaban J connectivity index is 1.68. The zero-order valence-corrected chi connectivity index (χ0v) is 16.2. The van der Waals surface area contributed by atoms with E-state index in [-0.39, 0.29) is 16.8 Å². The molecule has 27 heavy (non-hydrogen) atoms. The minimum Gasteiger partial charge on any atom is -0.334 e. The second-order valence-corrected chi connectivity index (χ2v) is 9.27. The highest BCUT2D eigenvalue weighted by atomic mass is 32.2. The van der Waals surface area contributed by atoms with E-state index < -0.39 is 15.6 Å². The Kier molecular flexibility index (Phi) is 5.81. The third-order valence-electron chi connectivity index (χ3n) is 5.25. The first kappa shape index (κ1) is 19.8. The zero-order chi connectivity index (χ0) is 19.5. The smallest absolute Gasteiger partial charge is 0.252 e. The SMILES string of the molecule is CN(CC1CCNN1)S(=O)(=O)c1ccc(C(=O)NC2(C#N)CCCC2)cc1. The Morgan fingerprint density at radius 3 is 2.56 bits per heavy atom. The average molecular weight is 391 g/mol. The van der Waals surface area contributed by atoms with Crippen molar-refractivity contribution in [1.82, 2.24) is 20.5 Å². The van der Waals surface area contributed by atoms with Gasteiger partial charge < -0.3 is 5.32 Å². The van der Waals surface area contributed by atoms with Crippen LogP contribution in [-0.4, -0.2) is 50.3 Å². The summed E-state index contributed by atoms with van der Waals surface area (Å²) in [6, 6.07) is 8.15. The third-order valence-corrected chi connectivity index (χ3v) is 7.09. The number of nitrogens with one attached hydrogen (secondary N) is 3. The molecule has 146 valence electrons. The van der Waals surface area contributed by atoms with Crippen LogP contribution in [0, 0.1) is 11.3 Å². The molecular formula is C18H25N5O3S. The van der Waals surface area contributed by atoms with Crippen LogP contribution in [0.3, 0.4) is 0 Å². The van der Waals surface area contributed by atoms with E-state index >= 15 is 0 Å². The first-order valence-corrected chi connectivity index (χ1v) is 10.6. The van der Waals surface area contributed by atoms with Crippen molar-refractivity contribution >= 4 is 15.9 Å². The highest BCUT2D eigenvalue weighted by Gasteiger charge is 2.35. The number of carbonyl (C=O) groups excluding carboxylic acids is 1. The van der Waals surface area contributed by atoms with Crippen LogP contribution in [0.5, 0.6) is 0 Å². The fourth-order valence-electron chi connectivity index (χ4n) is 3.57. The highest BCUT2D eigenvalue weighted by Crippen LogP contribution is 2.29. The number of carbonyl (C=O) groups is 1.